The predicted octanol–water partition coefficient (Wildman–Crippen LogP) is 4.35. The van der Waals surface area contributed by atoms with Gasteiger partial charge in [0.2, 0.25) is 0 Å². The summed E-state index contributed by atoms with van der Waals surface area (Å²) in [5.41, 5.74) is 3.80. The van der Waals surface area contributed by atoms with E-state index in [9.17, 15) is 13.2 Å². The molecule has 4 rings (SSSR count). The second-order valence-electron chi connectivity index (χ2n) is 8.31. The quantitative estimate of drug-likeness (QED) is 0.376. The molecule has 0 N–H and O–H groups in total. The standard InChI is InChI=1S/C26H29N3O4S/c1-5-17-28(21-9-6-7-12-24(21)34(4,31)32)22-10-8-11-23-25(22)27(2)26(30)29(23)18-19-13-15-20(33-3)16-14-19/h6-16H,5,17-18H2,1-4H3. The van der Waals surface area contributed by atoms with Crippen LogP contribution in [0.4, 0.5) is 11.4 Å². The van der Waals surface area contributed by atoms with E-state index in [1.807, 2.05) is 66.4 Å². The van der Waals surface area contributed by atoms with E-state index >= 15 is 0 Å². The number of aryl methyl sites for hydroxylation is 1. The number of fused-ring (bicyclic) bond motifs is 1. The van der Waals surface area contributed by atoms with Crippen molar-refractivity contribution in [3.63, 3.8) is 0 Å². The topological polar surface area (TPSA) is 73.5 Å². The molecule has 7 nitrogen and oxygen atoms in total. The van der Waals surface area contributed by atoms with E-state index in [-0.39, 0.29) is 10.6 Å². The first-order valence-electron chi connectivity index (χ1n) is 11.1. The van der Waals surface area contributed by atoms with Gasteiger partial charge >= 0.3 is 5.69 Å². The number of sulfone groups is 1. The fourth-order valence-corrected chi connectivity index (χ4v) is 5.22. The summed E-state index contributed by atoms with van der Waals surface area (Å²) in [6.45, 7) is 3.06. The van der Waals surface area contributed by atoms with E-state index < -0.39 is 9.84 Å². The molecule has 0 amide bonds. The molecule has 178 valence electrons. The molecule has 0 unspecified atom stereocenters. The van der Waals surface area contributed by atoms with Crippen LogP contribution in [0.1, 0.15) is 18.9 Å². The van der Waals surface area contributed by atoms with Crippen molar-refractivity contribution < 1.29 is 13.2 Å². The molecule has 0 fully saturated rings. The van der Waals surface area contributed by atoms with Crippen LogP contribution in [0, 0.1) is 0 Å². The molecule has 4 aromatic rings. The minimum absolute atomic E-state index is 0.133. The Morgan fingerprint density at radius 2 is 1.62 bits per heavy atom. The smallest absolute Gasteiger partial charge is 0.329 e. The maximum atomic E-state index is 13.3. The van der Waals surface area contributed by atoms with Crippen molar-refractivity contribution in [3.05, 3.63) is 82.8 Å². The lowest BCUT2D eigenvalue weighted by molar-refractivity contribution is 0.414. The molecule has 8 heteroatoms. The molecule has 0 radical (unpaired) electrons. The van der Waals surface area contributed by atoms with Crippen LogP contribution in [0.5, 0.6) is 5.75 Å². The fraction of sp³-hybridized carbons (Fsp3) is 0.269. The third kappa shape index (κ3) is 4.33. The van der Waals surface area contributed by atoms with Gasteiger partial charge in [0.05, 0.1) is 41.0 Å². The Kier molecular flexibility index (Phi) is 6.52. The molecule has 0 aliphatic carbocycles. The van der Waals surface area contributed by atoms with E-state index in [0.717, 1.165) is 34.5 Å². The SMILES string of the molecule is CCCN(c1ccccc1S(C)(=O)=O)c1cccc2c1n(C)c(=O)n2Cc1ccc(OC)cc1. The van der Waals surface area contributed by atoms with Crippen LogP contribution in [-0.2, 0) is 23.4 Å². The lowest BCUT2D eigenvalue weighted by atomic mass is 10.2. The maximum absolute atomic E-state index is 13.3. The number of aromatic nitrogens is 2. The number of hydrogen-bond donors (Lipinski definition) is 0. The highest BCUT2D eigenvalue weighted by atomic mass is 32.2. The van der Waals surface area contributed by atoms with Gasteiger partial charge in [-0.3, -0.25) is 9.13 Å². The zero-order valence-corrected chi connectivity index (χ0v) is 20.7. The summed E-state index contributed by atoms with van der Waals surface area (Å²) in [4.78, 5) is 15.6. The monoisotopic (exact) mass is 479 g/mol. The highest BCUT2D eigenvalue weighted by Crippen LogP contribution is 2.35. The molecular weight excluding hydrogens is 450 g/mol. The largest absolute Gasteiger partial charge is 0.497 e. The first-order valence-corrected chi connectivity index (χ1v) is 13.0. The van der Waals surface area contributed by atoms with Crippen molar-refractivity contribution in [1.82, 2.24) is 9.13 Å². The zero-order chi connectivity index (χ0) is 24.5. The predicted molar refractivity (Wildman–Crippen MR) is 136 cm³/mol. The first-order chi connectivity index (χ1) is 16.3. The highest BCUT2D eigenvalue weighted by Gasteiger charge is 2.23. The van der Waals surface area contributed by atoms with Gasteiger partial charge in [-0.05, 0) is 48.4 Å². The number of anilines is 2. The van der Waals surface area contributed by atoms with E-state index in [2.05, 4.69) is 0 Å². The van der Waals surface area contributed by atoms with Gasteiger partial charge in [0, 0.05) is 19.8 Å². The minimum Gasteiger partial charge on any atom is -0.497 e. The van der Waals surface area contributed by atoms with Crippen LogP contribution in [0.25, 0.3) is 11.0 Å². The van der Waals surface area contributed by atoms with Gasteiger partial charge in [-0.15, -0.1) is 0 Å². The van der Waals surface area contributed by atoms with Crippen LogP contribution >= 0.6 is 0 Å². The third-order valence-electron chi connectivity index (χ3n) is 5.93. The summed E-state index contributed by atoms with van der Waals surface area (Å²) in [7, 11) is -0.0673. The lowest BCUT2D eigenvalue weighted by Crippen LogP contribution is -2.23. The van der Waals surface area contributed by atoms with E-state index in [0.29, 0.717) is 18.8 Å². The van der Waals surface area contributed by atoms with Crippen LogP contribution in [0.15, 0.2) is 76.4 Å². The fourth-order valence-electron chi connectivity index (χ4n) is 4.33. The average molecular weight is 480 g/mol. The van der Waals surface area contributed by atoms with Gasteiger partial charge in [0.1, 0.15) is 5.75 Å². The molecule has 1 aromatic heterocycles. The number of rotatable bonds is 8. The van der Waals surface area contributed by atoms with Crippen molar-refractivity contribution in [2.75, 3.05) is 24.8 Å². The van der Waals surface area contributed by atoms with Gasteiger partial charge in [-0.25, -0.2) is 13.2 Å². The molecule has 0 aliphatic heterocycles. The van der Waals surface area contributed by atoms with Gasteiger partial charge in [0.25, 0.3) is 0 Å². The van der Waals surface area contributed by atoms with Gasteiger partial charge in [-0.2, -0.15) is 0 Å². The van der Waals surface area contributed by atoms with Crippen LogP contribution in [-0.4, -0.2) is 37.5 Å². The number of hydrogen-bond acceptors (Lipinski definition) is 5. The van der Waals surface area contributed by atoms with Crippen LogP contribution in [0.3, 0.4) is 0 Å². The van der Waals surface area contributed by atoms with Crippen LogP contribution in [0.2, 0.25) is 0 Å². The lowest BCUT2D eigenvalue weighted by Gasteiger charge is -2.27. The number of benzene rings is 3. The normalized spacial score (nSPS) is 11.6. The zero-order valence-electron chi connectivity index (χ0n) is 19.9. The van der Waals surface area contributed by atoms with E-state index in [1.165, 1.54) is 6.26 Å². The molecule has 0 atom stereocenters. The molecule has 34 heavy (non-hydrogen) atoms. The Morgan fingerprint density at radius 1 is 0.941 bits per heavy atom. The number of nitrogens with zero attached hydrogens (tertiary/aromatic N) is 3. The number of ether oxygens (including phenoxy) is 1. The van der Waals surface area contributed by atoms with Gasteiger partial charge in [-0.1, -0.05) is 37.3 Å². The van der Waals surface area contributed by atoms with E-state index in [4.69, 9.17) is 4.74 Å². The Morgan fingerprint density at radius 3 is 2.26 bits per heavy atom. The molecule has 3 aromatic carbocycles. The van der Waals surface area contributed by atoms with Crippen molar-refractivity contribution in [3.8, 4) is 5.75 Å². The van der Waals surface area contributed by atoms with Crippen molar-refractivity contribution in [1.29, 1.82) is 0 Å². The number of methoxy groups -OCH3 is 1. The Bertz CT molecular complexity index is 1490. The molecule has 0 spiro atoms. The summed E-state index contributed by atoms with van der Waals surface area (Å²) in [5.74, 6) is 0.760. The molecule has 0 saturated heterocycles. The maximum Gasteiger partial charge on any atom is 0.329 e. The van der Waals surface area contributed by atoms with Crippen molar-refractivity contribution >= 4 is 32.2 Å². The molecule has 0 aliphatic rings. The van der Waals surface area contributed by atoms with Gasteiger partial charge < -0.3 is 9.64 Å². The summed E-state index contributed by atoms with van der Waals surface area (Å²) < 4.78 is 33.7. The Labute approximate surface area is 199 Å². The summed E-state index contributed by atoms with van der Waals surface area (Å²) in [6.07, 6.45) is 2.02. The van der Waals surface area contributed by atoms with Crippen LogP contribution < -0.4 is 15.3 Å². The summed E-state index contributed by atoms with van der Waals surface area (Å²) in [6, 6.07) is 20.4. The summed E-state index contributed by atoms with van der Waals surface area (Å²) >= 11 is 0. The first kappa shape index (κ1) is 23.6. The molecule has 0 saturated carbocycles. The molecule has 0 bridgehead atoms. The van der Waals surface area contributed by atoms with Crippen molar-refractivity contribution in [2.45, 2.75) is 24.8 Å². The van der Waals surface area contributed by atoms with E-state index in [1.54, 1.807) is 35.4 Å². The Balaban J connectivity index is 1.90. The molecular formula is C26H29N3O4S. The number of para-hydroxylation sites is 2. The van der Waals surface area contributed by atoms with Gasteiger partial charge in [0.15, 0.2) is 9.84 Å². The minimum atomic E-state index is -3.44. The highest BCUT2D eigenvalue weighted by molar-refractivity contribution is 7.90. The average Bonchev–Trinajstić information content (AvgIpc) is 3.07. The second kappa shape index (κ2) is 9.38. The van der Waals surface area contributed by atoms with Crippen molar-refractivity contribution in [2.24, 2.45) is 7.05 Å². The number of imidazole rings is 1. The second-order valence-corrected chi connectivity index (χ2v) is 10.3. The molecule has 1 heterocycles. The Hall–Kier alpha value is -3.52. The summed E-state index contributed by atoms with van der Waals surface area (Å²) in [5, 5.41) is 0. The third-order valence-corrected chi connectivity index (χ3v) is 7.07.